The van der Waals surface area contributed by atoms with Gasteiger partial charge in [0, 0.05) is 12.1 Å². The minimum atomic E-state index is -0.356. The fraction of sp³-hybridized carbons (Fsp3) is 0.250. The predicted molar refractivity (Wildman–Crippen MR) is 104 cm³/mol. The van der Waals surface area contributed by atoms with Crippen molar-refractivity contribution in [2.24, 2.45) is 4.99 Å². The minimum Gasteiger partial charge on any atom is -0.497 e. The lowest BCUT2D eigenvalue weighted by molar-refractivity contribution is -0.143. The number of nitrogens with zero attached hydrogens (tertiary/aromatic N) is 2. The number of amides is 1. The van der Waals surface area contributed by atoms with E-state index in [-0.39, 0.29) is 18.3 Å². The Kier molecular flexibility index (Phi) is 6.03. The zero-order chi connectivity index (χ0) is 19.2. The molecule has 0 radical (unpaired) electrons. The Morgan fingerprint density at radius 1 is 1.15 bits per heavy atom. The molecule has 0 spiro atoms. The summed E-state index contributed by atoms with van der Waals surface area (Å²) < 4.78 is 13.1. The molecule has 3 rings (SSSR count). The number of hydrogen-bond acceptors (Lipinski definition) is 5. The fourth-order valence-electron chi connectivity index (χ4n) is 2.67. The van der Waals surface area contributed by atoms with E-state index in [9.17, 15) is 9.59 Å². The molecule has 3 aromatic rings. The summed E-state index contributed by atoms with van der Waals surface area (Å²) in [6, 6.07) is 14.7. The van der Waals surface area contributed by atoms with Crippen LogP contribution in [-0.4, -0.2) is 30.2 Å². The van der Waals surface area contributed by atoms with E-state index >= 15 is 0 Å². The predicted octanol–water partition coefficient (Wildman–Crippen LogP) is 3.41. The molecule has 0 saturated carbocycles. The van der Waals surface area contributed by atoms with E-state index in [4.69, 9.17) is 9.47 Å². The minimum absolute atomic E-state index is 0.217. The highest BCUT2D eigenvalue weighted by atomic mass is 32.1. The second-order valence-corrected chi connectivity index (χ2v) is 6.72. The number of ether oxygens (including phenoxy) is 2. The molecule has 6 nitrogen and oxygen atoms in total. The van der Waals surface area contributed by atoms with Gasteiger partial charge in [0.05, 0.1) is 30.4 Å². The van der Waals surface area contributed by atoms with Crippen molar-refractivity contribution in [1.29, 1.82) is 0 Å². The highest BCUT2D eigenvalue weighted by molar-refractivity contribution is 7.16. The Hall–Kier alpha value is -2.93. The van der Waals surface area contributed by atoms with Gasteiger partial charge in [0.1, 0.15) is 5.75 Å². The van der Waals surface area contributed by atoms with Crippen LogP contribution < -0.4 is 9.54 Å². The van der Waals surface area contributed by atoms with Crippen LogP contribution in [0, 0.1) is 0 Å². The Balaban J connectivity index is 1.99. The van der Waals surface area contributed by atoms with Crippen LogP contribution in [-0.2, 0) is 16.1 Å². The van der Waals surface area contributed by atoms with Crippen LogP contribution in [0.5, 0.6) is 5.75 Å². The number of methoxy groups -OCH3 is 1. The van der Waals surface area contributed by atoms with Crippen molar-refractivity contribution in [3.8, 4) is 5.75 Å². The van der Waals surface area contributed by atoms with E-state index in [0.717, 1.165) is 10.2 Å². The topological polar surface area (TPSA) is 69.9 Å². The SMILES string of the molecule is CCOC(=O)CCn1c(=NC(=O)c2cccc(OC)c2)sc2ccccc21. The Bertz CT molecular complexity index is 1040. The van der Waals surface area contributed by atoms with Gasteiger partial charge in [-0.25, -0.2) is 0 Å². The summed E-state index contributed by atoms with van der Waals surface area (Å²) in [4.78, 5) is 29.2. The Labute approximate surface area is 160 Å². The van der Waals surface area contributed by atoms with E-state index in [1.165, 1.54) is 11.3 Å². The van der Waals surface area contributed by atoms with Gasteiger partial charge in [-0.05, 0) is 37.3 Å². The maximum Gasteiger partial charge on any atom is 0.307 e. The van der Waals surface area contributed by atoms with Crippen molar-refractivity contribution in [3.63, 3.8) is 0 Å². The number of aryl methyl sites for hydroxylation is 1. The summed E-state index contributed by atoms with van der Waals surface area (Å²) in [6.07, 6.45) is 0.217. The van der Waals surface area contributed by atoms with Gasteiger partial charge in [-0.1, -0.05) is 29.5 Å². The lowest BCUT2D eigenvalue weighted by Crippen LogP contribution is -2.19. The van der Waals surface area contributed by atoms with Crippen LogP contribution in [0.3, 0.4) is 0 Å². The molecular weight excluding hydrogens is 364 g/mol. The molecule has 0 aliphatic heterocycles. The number of carbonyl (C=O) groups is 2. The first-order chi connectivity index (χ1) is 13.1. The van der Waals surface area contributed by atoms with Gasteiger partial charge in [0.25, 0.3) is 5.91 Å². The molecule has 27 heavy (non-hydrogen) atoms. The maximum absolute atomic E-state index is 12.6. The monoisotopic (exact) mass is 384 g/mol. The van der Waals surface area contributed by atoms with Crippen molar-refractivity contribution in [3.05, 3.63) is 58.9 Å². The average Bonchev–Trinajstić information content (AvgIpc) is 3.03. The summed E-state index contributed by atoms with van der Waals surface area (Å²) in [6.45, 7) is 2.52. The third-order valence-electron chi connectivity index (χ3n) is 3.95. The lowest BCUT2D eigenvalue weighted by atomic mass is 10.2. The molecule has 0 N–H and O–H groups in total. The van der Waals surface area contributed by atoms with Crippen LogP contribution in [0.4, 0.5) is 0 Å². The third kappa shape index (κ3) is 4.43. The van der Waals surface area contributed by atoms with E-state index < -0.39 is 0 Å². The molecular formula is C20H20N2O4S. The molecule has 7 heteroatoms. The lowest BCUT2D eigenvalue weighted by Gasteiger charge is -2.05. The summed E-state index contributed by atoms with van der Waals surface area (Å²) in [5.41, 5.74) is 1.38. The number of rotatable bonds is 6. The van der Waals surface area contributed by atoms with E-state index in [1.807, 2.05) is 28.8 Å². The number of carbonyl (C=O) groups excluding carboxylic acids is 2. The summed E-state index contributed by atoms with van der Waals surface area (Å²) >= 11 is 1.41. The molecule has 0 bridgehead atoms. The normalized spacial score (nSPS) is 11.6. The first-order valence-electron chi connectivity index (χ1n) is 8.59. The summed E-state index contributed by atoms with van der Waals surface area (Å²) in [5.74, 6) is -0.0294. The Morgan fingerprint density at radius 2 is 1.96 bits per heavy atom. The molecule has 0 fully saturated rings. The van der Waals surface area contributed by atoms with Crippen molar-refractivity contribution >= 4 is 33.4 Å². The molecule has 0 saturated heterocycles. The van der Waals surface area contributed by atoms with Crippen molar-refractivity contribution in [2.45, 2.75) is 19.9 Å². The largest absolute Gasteiger partial charge is 0.497 e. The van der Waals surface area contributed by atoms with Crippen molar-refractivity contribution in [2.75, 3.05) is 13.7 Å². The van der Waals surface area contributed by atoms with Gasteiger partial charge in [0.15, 0.2) is 4.80 Å². The Morgan fingerprint density at radius 3 is 2.74 bits per heavy atom. The number of aromatic nitrogens is 1. The number of fused-ring (bicyclic) bond motifs is 1. The highest BCUT2D eigenvalue weighted by Crippen LogP contribution is 2.18. The van der Waals surface area contributed by atoms with Gasteiger partial charge < -0.3 is 14.0 Å². The number of esters is 1. The van der Waals surface area contributed by atoms with Crippen LogP contribution >= 0.6 is 11.3 Å². The van der Waals surface area contributed by atoms with Gasteiger partial charge >= 0.3 is 5.97 Å². The smallest absolute Gasteiger partial charge is 0.307 e. The second kappa shape index (κ2) is 8.64. The van der Waals surface area contributed by atoms with E-state index in [2.05, 4.69) is 4.99 Å². The van der Waals surface area contributed by atoms with Crippen molar-refractivity contribution < 1.29 is 19.1 Å². The standard InChI is InChI=1S/C20H20N2O4S/c1-3-26-18(23)11-12-22-16-9-4-5-10-17(16)27-20(22)21-19(24)14-7-6-8-15(13-14)25-2/h4-10,13H,3,11-12H2,1-2H3. The molecule has 140 valence electrons. The van der Waals surface area contributed by atoms with Crippen LogP contribution in [0.1, 0.15) is 23.7 Å². The molecule has 0 aliphatic carbocycles. The summed E-state index contributed by atoms with van der Waals surface area (Å²) in [5, 5.41) is 0. The van der Waals surface area contributed by atoms with E-state index in [0.29, 0.717) is 29.3 Å². The highest BCUT2D eigenvalue weighted by Gasteiger charge is 2.11. The molecule has 0 atom stereocenters. The molecule has 0 unspecified atom stereocenters. The molecule has 1 aromatic heterocycles. The third-order valence-corrected chi connectivity index (χ3v) is 5.01. The summed E-state index contributed by atoms with van der Waals surface area (Å²) in [7, 11) is 1.55. The van der Waals surface area contributed by atoms with E-state index in [1.54, 1.807) is 38.3 Å². The molecule has 1 amide bonds. The quantitative estimate of drug-likeness (QED) is 0.611. The zero-order valence-corrected chi connectivity index (χ0v) is 16.0. The number of hydrogen-bond donors (Lipinski definition) is 0. The first kappa shape index (κ1) is 18.8. The van der Waals surface area contributed by atoms with Crippen LogP contribution in [0.2, 0.25) is 0 Å². The van der Waals surface area contributed by atoms with Crippen molar-refractivity contribution in [1.82, 2.24) is 4.57 Å². The average molecular weight is 384 g/mol. The van der Waals surface area contributed by atoms with Gasteiger partial charge in [-0.3, -0.25) is 9.59 Å². The number of benzene rings is 2. The fourth-order valence-corrected chi connectivity index (χ4v) is 3.72. The number of thiazole rings is 1. The van der Waals surface area contributed by atoms with Gasteiger partial charge in [-0.2, -0.15) is 4.99 Å². The number of para-hydroxylation sites is 1. The first-order valence-corrected chi connectivity index (χ1v) is 9.41. The van der Waals surface area contributed by atoms with Crippen LogP contribution in [0.25, 0.3) is 10.2 Å². The molecule has 0 aliphatic rings. The van der Waals surface area contributed by atoms with Gasteiger partial charge in [-0.15, -0.1) is 0 Å². The molecule has 1 heterocycles. The molecule has 2 aromatic carbocycles. The maximum atomic E-state index is 12.6. The van der Waals surface area contributed by atoms with Crippen LogP contribution in [0.15, 0.2) is 53.5 Å². The van der Waals surface area contributed by atoms with Gasteiger partial charge in [0.2, 0.25) is 0 Å². The zero-order valence-electron chi connectivity index (χ0n) is 15.2. The second-order valence-electron chi connectivity index (χ2n) is 5.71.